The maximum atomic E-state index is 3.81. The molecule has 1 saturated carbocycles. The van der Waals surface area contributed by atoms with Crippen molar-refractivity contribution in [2.45, 2.75) is 76.3 Å². The maximum Gasteiger partial charge on any atom is 0.0356 e. The van der Waals surface area contributed by atoms with Crippen molar-refractivity contribution in [3.8, 4) is 0 Å². The summed E-state index contributed by atoms with van der Waals surface area (Å²) in [7, 11) is 6.70. The van der Waals surface area contributed by atoms with Crippen LogP contribution in [0.15, 0.2) is 12.7 Å². The largest absolute Gasteiger partial charge is 0.315 e. The average Bonchev–Trinajstić information content (AvgIpc) is 2.44. The van der Waals surface area contributed by atoms with E-state index in [1.807, 2.05) is 6.08 Å². The number of likely N-dealkylation sites (N-methyl/N-ethyl adjacent to an activating group) is 2. The predicted molar refractivity (Wildman–Crippen MR) is 90.2 cm³/mol. The maximum absolute atomic E-state index is 3.81. The molecule has 0 aliphatic heterocycles. The first-order valence-corrected chi connectivity index (χ1v) is 8.52. The molecule has 2 nitrogen and oxygen atoms in total. The molecule has 0 aromatic heterocycles. The summed E-state index contributed by atoms with van der Waals surface area (Å²) in [5, 5.41) is 3.64. The fourth-order valence-electron chi connectivity index (χ4n) is 3.86. The molecular weight excluding hydrogens is 244 g/mol. The molecule has 0 aromatic rings. The highest BCUT2D eigenvalue weighted by Gasteiger charge is 2.41. The molecule has 1 fully saturated rings. The smallest absolute Gasteiger partial charge is 0.0356 e. The summed E-state index contributed by atoms with van der Waals surface area (Å²) in [5.74, 6) is 0.910. The summed E-state index contributed by atoms with van der Waals surface area (Å²) in [6.45, 7) is 6.21. The van der Waals surface area contributed by atoms with Crippen molar-refractivity contribution in [1.29, 1.82) is 0 Å². The van der Waals surface area contributed by atoms with Gasteiger partial charge in [-0.1, -0.05) is 25.8 Å². The highest BCUT2D eigenvalue weighted by Crippen LogP contribution is 2.39. The normalized spacial score (nSPS) is 28.6. The Bertz CT molecular complexity index is 265. The third kappa shape index (κ3) is 4.60. The summed E-state index contributed by atoms with van der Waals surface area (Å²) in [6.07, 6.45) is 13.9. The summed E-state index contributed by atoms with van der Waals surface area (Å²) in [5.41, 5.74) is 0.375. The van der Waals surface area contributed by atoms with E-state index in [9.17, 15) is 0 Å². The number of nitrogens with zero attached hydrogens (tertiary/aromatic N) is 1. The zero-order valence-electron chi connectivity index (χ0n) is 14.3. The first-order chi connectivity index (χ1) is 9.56. The molecule has 0 saturated heterocycles. The molecule has 1 unspecified atom stereocenters. The monoisotopic (exact) mass is 280 g/mol. The van der Waals surface area contributed by atoms with Crippen LogP contribution < -0.4 is 5.32 Å². The van der Waals surface area contributed by atoms with Gasteiger partial charge in [0, 0.05) is 11.6 Å². The topological polar surface area (TPSA) is 15.3 Å². The molecule has 0 amide bonds. The molecule has 1 aliphatic carbocycles. The van der Waals surface area contributed by atoms with E-state index in [4.69, 9.17) is 0 Å². The zero-order valence-corrected chi connectivity index (χ0v) is 14.3. The van der Waals surface area contributed by atoms with Crippen molar-refractivity contribution in [2.75, 3.05) is 21.1 Å². The van der Waals surface area contributed by atoms with Gasteiger partial charge in [-0.2, -0.15) is 0 Å². The second-order valence-electron chi connectivity index (χ2n) is 6.95. The van der Waals surface area contributed by atoms with Gasteiger partial charge in [0.05, 0.1) is 0 Å². The Morgan fingerprint density at radius 2 is 1.90 bits per heavy atom. The average molecular weight is 281 g/mol. The van der Waals surface area contributed by atoms with Gasteiger partial charge < -0.3 is 10.2 Å². The Morgan fingerprint density at radius 1 is 1.25 bits per heavy atom. The molecule has 0 radical (unpaired) electrons. The number of hydrogen-bond donors (Lipinski definition) is 1. The van der Waals surface area contributed by atoms with Gasteiger partial charge in [0.25, 0.3) is 0 Å². The summed E-state index contributed by atoms with van der Waals surface area (Å²) < 4.78 is 0. The van der Waals surface area contributed by atoms with Crippen LogP contribution in [0.25, 0.3) is 0 Å². The van der Waals surface area contributed by atoms with Gasteiger partial charge in [-0.15, -0.1) is 6.58 Å². The Morgan fingerprint density at radius 3 is 2.40 bits per heavy atom. The minimum absolute atomic E-state index is 0.375. The van der Waals surface area contributed by atoms with Gasteiger partial charge in [0.2, 0.25) is 0 Å². The van der Waals surface area contributed by atoms with E-state index in [0.717, 1.165) is 5.92 Å². The number of nitrogens with one attached hydrogen (secondary N) is 1. The van der Waals surface area contributed by atoms with E-state index in [1.54, 1.807) is 0 Å². The third-order valence-corrected chi connectivity index (χ3v) is 5.43. The van der Waals surface area contributed by atoms with Gasteiger partial charge in [-0.25, -0.2) is 0 Å². The van der Waals surface area contributed by atoms with E-state index in [-0.39, 0.29) is 0 Å². The molecule has 2 heteroatoms. The molecule has 0 spiro atoms. The van der Waals surface area contributed by atoms with Crippen molar-refractivity contribution >= 4 is 0 Å². The molecule has 0 heterocycles. The van der Waals surface area contributed by atoms with Crippen LogP contribution in [0, 0.1) is 5.92 Å². The van der Waals surface area contributed by atoms with Gasteiger partial charge in [-0.05, 0) is 72.0 Å². The first kappa shape index (κ1) is 17.7. The van der Waals surface area contributed by atoms with Crippen LogP contribution >= 0.6 is 0 Å². The highest BCUT2D eigenvalue weighted by molar-refractivity contribution is 5.00. The van der Waals surface area contributed by atoms with E-state index >= 15 is 0 Å². The van der Waals surface area contributed by atoms with Crippen LogP contribution in [0.3, 0.4) is 0 Å². The molecular formula is C18H36N2. The summed E-state index contributed by atoms with van der Waals surface area (Å²) in [6, 6.07) is 0.633. The molecule has 20 heavy (non-hydrogen) atoms. The lowest BCUT2D eigenvalue weighted by Crippen LogP contribution is -2.59. The van der Waals surface area contributed by atoms with E-state index in [2.05, 4.69) is 44.9 Å². The van der Waals surface area contributed by atoms with Crippen LogP contribution in [0.4, 0.5) is 0 Å². The van der Waals surface area contributed by atoms with Gasteiger partial charge >= 0.3 is 0 Å². The lowest BCUT2D eigenvalue weighted by atomic mass is 9.71. The molecule has 1 aliphatic rings. The van der Waals surface area contributed by atoms with Crippen LogP contribution in [-0.4, -0.2) is 37.6 Å². The number of hydrogen-bond acceptors (Lipinski definition) is 2. The summed E-state index contributed by atoms with van der Waals surface area (Å²) >= 11 is 0. The number of allylic oxidation sites excluding steroid dienone is 1. The van der Waals surface area contributed by atoms with Crippen LogP contribution in [0.5, 0.6) is 0 Å². The third-order valence-electron chi connectivity index (χ3n) is 5.43. The number of rotatable bonds is 9. The van der Waals surface area contributed by atoms with Crippen LogP contribution in [-0.2, 0) is 0 Å². The molecule has 118 valence electrons. The SMILES string of the molecule is C=CCCCCCC(NC)C1(N(C)C)CCC(C)CC1. The second-order valence-corrected chi connectivity index (χ2v) is 6.95. The van der Waals surface area contributed by atoms with Crippen molar-refractivity contribution in [3.05, 3.63) is 12.7 Å². The van der Waals surface area contributed by atoms with Crippen LogP contribution in [0.1, 0.15) is 64.7 Å². The number of unbranched alkanes of at least 4 members (excludes halogenated alkanes) is 3. The Labute approximate surface area is 127 Å². The lowest BCUT2D eigenvalue weighted by molar-refractivity contribution is 0.0421. The Hall–Kier alpha value is -0.340. The van der Waals surface area contributed by atoms with Crippen molar-refractivity contribution in [3.63, 3.8) is 0 Å². The molecule has 1 rings (SSSR count). The van der Waals surface area contributed by atoms with Gasteiger partial charge in [-0.3, -0.25) is 0 Å². The fourth-order valence-corrected chi connectivity index (χ4v) is 3.86. The van der Waals surface area contributed by atoms with Crippen molar-refractivity contribution < 1.29 is 0 Å². The first-order valence-electron chi connectivity index (χ1n) is 8.52. The quantitative estimate of drug-likeness (QED) is 0.502. The second kappa shape index (κ2) is 8.84. The van der Waals surface area contributed by atoms with Gasteiger partial charge in [0.1, 0.15) is 0 Å². The van der Waals surface area contributed by atoms with E-state index in [1.165, 1.54) is 57.8 Å². The minimum Gasteiger partial charge on any atom is -0.315 e. The van der Waals surface area contributed by atoms with Crippen LogP contribution in [0.2, 0.25) is 0 Å². The fraction of sp³-hybridized carbons (Fsp3) is 0.889. The van der Waals surface area contributed by atoms with Crippen molar-refractivity contribution in [1.82, 2.24) is 10.2 Å². The molecule has 1 N–H and O–H groups in total. The zero-order chi connectivity index (χ0) is 15.0. The van der Waals surface area contributed by atoms with Gasteiger partial charge in [0.15, 0.2) is 0 Å². The summed E-state index contributed by atoms with van der Waals surface area (Å²) in [4.78, 5) is 2.50. The Balaban J connectivity index is 2.55. The predicted octanol–water partition coefficient (Wildman–Crippen LogP) is 4.22. The minimum atomic E-state index is 0.375. The highest BCUT2D eigenvalue weighted by atomic mass is 15.2. The standard InChI is InChI=1S/C18H36N2/c1-6-7-8-9-10-11-17(19-3)18(20(4)5)14-12-16(2)13-15-18/h6,16-17,19H,1,7-15H2,2-5H3. The molecule has 1 atom stereocenters. The lowest BCUT2D eigenvalue weighted by Gasteiger charge is -2.50. The van der Waals surface area contributed by atoms with E-state index in [0.29, 0.717) is 11.6 Å². The van der Waals surface area contributed by atoms with E-state index < -0.39 is 0 Å². The molecule has 0 aromatic carbocycles. The van der Waals surface area contributed by atoms with Crippen molar-refractivity contribution in [2.24, 2.45) is 5.92 Å². The Kier molecular flexibility index (Phi) is 7.83. The molecule has 0 bridgehead atoms.